The molecule has 2 heterocycles. The maximum absolute atomic E-state index is 12.4. The molecule has 2 N–H and O–H groups in total. The Bertz CT molecular complexity index is 621. The van der Waals surface area contributed by atoms with E-state index in [2.05, 4.69) is 22.5 Å². The van der Waals surface area contributed by atoms with Gasteiger partial charge in [0.25, 0.3) is 0 Å². The number of rotatable bonds is 2. The van der Waals surface area contributed by atoms with Gasteiger partial charge in [-0.15, -0.1) is 0 Å². The standard InChI is InChI=1S/C16H19N3O/c1-11-9-12(5-8-18-11)16(20)19-15-4-2-3-13-10-17-7-6-14(13)15/h2-4,6-7,10-12,18H,5,8-9H2,1H3,(H,19,20). The first-order valence-electron chi connectivity index (χ1n) is 7.11. The van der Waals surface area contributed by atoms with Crippen LogP contribution >= 0.6 is 0 Å². The van der Waals surface area contributed by atoms with Crippen molar-refractivity contribution in [3.05, 3.63) is 36.7 Å². The molecule has 4 nitrogen and oxygen atoms in total. The van der Waals surface area contributed by atoms with Gasteiger partial charge in [0, 0.05) is 40.8 Å². The van der Waals surface area contributed by atoms with Crippen LogP contribution in [0.3, 0.4) is 0 Å². The highest BCUT2D eigenvalue weighted by Gasteiger charge is 2.24. The number of nitrogens with zero attached hydrogens (tertiary/aromatic N) is 1. The Balaban J connectivity index is 1.80. The van der Waals surface area contributed by atoms with Crippen LogP contribution in [0.4, 0.5) is 5.69 Å². The Hall–Kier alpha value is -1.94. The van der Waals surface area contributed by atoms with Crippen molar-refractivity contribution in [1.82, 2.24) is 10.3 Å². The van der Waals surface area contributed by atoms with Gasteiger partial charge in [-0.05, 0) is 38.4 Å². The number of amides is 1. The fourth-order valence-electron chi connectivity index (χ4n) is 2.84. The van der Waals surface area contributed by atoms with E-state index in [9.17, 15) is 4.79 Å². The average molecular weight is 269 g/mol. The maximum atomic E-state index is 12.4. The topological polar surface area (TPSA) is 54.0 Å². The van der Waals surface area contributed by atoms with Crippen molar-refractivity contribution in [3.8, 4) is 0 Å². The van der Waals surface area contributed by atoms with Gasteiger partial charge < -0.3 is 10.6 Å². The average Bonchev–Trinajstić information content (AvgIpc) is 2.47. The number of benzene rings is 1. The van der Waals surface area contributed by atoms with Gasteiger partial charge in [-0.25, -0.2) is 0 Å². The molecule has 0 radical (unpaired) electrons. The summed E-state index contributed by atoms with van der Waals surface area (Å²) in [5, 5.41) is 8.54. The lowest BCUT2D eigenvalue weighted by Gasteiger charge is -2.27. The molecule has 1 aromatic heterocycles. The lowest BCUT2D eigenvalue weighted by atomic mass is 9.92. The second-order valence-electron chi connectivity index (χ2n) is 5.47. The van der Waals surface area contributed by atoms with Gasteiger partial charge in [0.15, 0.2) is 0 Å². The second-order valence-corrected chi connectivity index (χ2v) is 5.47. The number of fused-ring (bicyclic) bond motifs is 1. The summed E-state index contributed by atoms with van der Waals surface area (Å²) >= 11 is 0. The van der Waals surface area contributed by atoms with Crippen LogP contribution in [0.2, 0.25) is 0 Å². The molecular formula is C16H19N3O. The molecule has 104 valence electrons. The number of piperidine rings is 1. The summed E-state index contributed by atoms with van der Waals surface area (Å²) in [4.78, 5) is 16.5. The van der Waals surface area contributed by atoms with Crippen LogP contribution in [-0.4, -0.2) is 23.5 Å². The third-order valence-electron chi connectivity index (χ3n) is 3.93. The number of nitrogens with one attached hydrogen (secondary N) is 2. The number of carbonyl (C=O) groups excluding carboxylic acids is 1. The van der Waals surface area contributed by atoms with Crippen LogP contribution in [0.25, 0.3) is 10.8 Å². The van der Waals surface area contributed by atoms with E-state index in [0.717, 1.165) is 35.8 Å². The summed E-state index contributed by atoms with van der Waals surface area (Å²) in [5.74, 6) is 0.228. The smallest absolute Gasteiger partial charge is 0.227 e. The zero-order chi connectivity index (χ0) is 13.9. The minimum absolute atomic E-state index is 0.100. The molecule has 0 saturated carbocycles. The van der Waals surface area contributed by atoms with E-state index < -0.39 is 0 Å². The summed E-state index contributed by atoms with van der Waals surface area (Å²) in [6.45, 7) is 3.04. The van der Waals surface area contributed by atoms with E-state index in [0.29, 0.717) is 6.04 Å². The molecule has 1 saturated heterocycles. The van der Waals surface area contributed by atoms with E-state index in [1.807, 2.05) is 30.5 Å². The van der Waals surface area contributed by atoms with Crippen molar-refractivity contribution in [2.24, 2.45) is 5.92 Å². The summed E-state index contributed by atoms with van der Waals surface area (Å²) < 4.78 is 0. The van der Waals surface area contributed by atoms with Crippen molar-refractivity contribution < 1.29 is 4.79 Å². The largest absolute Gasteiger partial charge is 0.325 e. The van der Waals surface area contributed by atoms with Gasteiger partial charge in [0.2, 0.25) is 5.91 Å². The van der Waals surface area contributed by atoms with E-state index in [1.165, 1.54) is 0 Å². The monoisotopic (exact) mass is 269 g/mol. The van der Waals surface area contributed by atoms with Crippen LogP contribution in [0.15, 0.2) is 36.7 Å². The molecule has 1 amide bonds. The number of anilines is 1. The Morgan fingerprint density at radius 1 is 1.40 bits per heavy atom. The van der Waals surface area contributed by atoms with Crippen molar-refractivity contribution in [1.29, 1.82) is 0 Å². The number of aromatic nitrogens is 1. The van der Waals surface area contributed by atoms with Crippen molar-refractivity contribution in [2.75, 3.05) is 11.9 Å². The Morgan fingerprint density at radius 2 is 2.30 bits per heavy atom. The zero-order valence-electron chi connectivity index (χ0n) is 11.6. The molecule has 0 spiro atoms. The summed E-state index contributed by atoms with van der Waals surface area (Å²) in [6.07, 6.45) is 5.38. The number of hydrogen-bond acceptors (Lipinski definition) is 3. The highest BCUT2D eigenvalue weighted by Crippen LogP contribution is 2.24. The minimum Gasteiger partial charge on any atom is -0.325 e. The predicted molar refractivity (Wildman–Crippen MR) is 80.6 cm³/mol. The molecule has 1 aromatic carbocycles. The quantitative estimate of drug-likeness (QED) is 0.881. The van der Waals surface area contributed by atoms with Gasteiger partial charge in [0.05, 0.1) is 0 Å². The normalized spacial score (nSPS) is 22.6. The van der Waals surface area contributed by atoms with Gasteiger partial charge >= 0.3 is 0 Å². The molecule has 0 aliphatic carbocycles. The molecule has 0 bridgehead atoms. The molecule has 3 rings (SSSR count). The SMILES string of the molecule is CC1CC(C(=O)Nc2cccc3cnccc23)CCN1. The summed E-state index contributed by atoms with van der Waals surface area (Å²) in [6, 6.07) is 8.26. The Morgan fingerprint density at radius 3 is 3.15 bits per heavy atom. The Labute approximate surface area is 118 Å². The summed E-state index contributed by atoms with van der Waals surface area (Å²) in [5.41, 5.74) is 0.876. The molecule has 2 unspecified atom stereocenters. The van der Waals surface area contributed by atoms with Crippen LogP contribution in [0.5, 0.6) is 0 Å². The first-order valence-corrected chi connectivity index (χ1v) is 7.11. The van der Waals surface area contributed by atoms with Gasteiger partial charge in [-0.2, -0.15) is 0 Å². The molecule has 20 heavy (non-hydrogen) atoms. The third kappa shape index (κ3) is 2.65. The van der Waals surface area contributed by atoms with Crippen LogP contribution in [0.1, 0.15) is 19.8 Å². The van der Waals surface area contributed by atoms with Gasteiger partial charge in [-0.1, -0.05) is 12.1 Å². The molecule has 1 aliphatic rings. The van der Waals surface area contributed by atoms with E-state index in [1.54, 1.807) is 6.20 Å². The van der Waals surface area contributed by atoms with E-state index in [-0.39, 0.29) is 11.8 Å². The van der Waals surface area contributed by atoms with Crippen LogP contribution < -0.4 is 10.6 Å². The first-order chi connectivity index (χ1) is 9.74. The van der Waals surface area contributed by atoms with Crippen molar-refractivity contribution in [2.45, 2.75) is 25.8 Å². The number of pyridine rings is 1. The van der Waals surface area contributed by atoms with Crippen LogP contribution in [0, 0.1) is 5.92 Å². The zero-order valence-corrected chi connectivity index (χ0v) is 11.6. The van der Waals surface area contributed by atoms with Crippen LogP contribution in [-0.2, 0) is 4.79 Å². The maximum Gasteiger partial charge on any atom is 0.227 e. The highest BCUT2D eigenvalue weighted by molar-refractivity contribution is 6.02. The highest BCUT2D eigenvalue weighted by atomic mass is 16.1. The Kier molecular flexibility index (Phi) is 3.65. The van der Waals surface area contributed by atoms with E-state index >= 15 is 0 Å². The lowest BCUT2D eigenvalue weighted by molar-refractivity contribution is -0.120. The fourth-order valence-corrected chi connectivity index (χ4v) is 2.84. The molecular weight excluding hydrogens is 250 g/mol. The summed E-state index contributed by atoms with van der Waals surface area (Å²) in [7, 11) is 0. The first kappa shape index (κ1) is 13.1. The number of hydrogen-bond donors (Lipinski definition) is 2. The van der Waals surface area contributed by atoms with E-state index in [4.69, 9.17) is 0 Å². The predicted octanol–water partition coefficient (Wildman–Crippen LogP) is 2.56. The van der Waals surface area contributed by atoms with Gasteiger partial charge in [0.1, 0.15) is 0 Å². The lowest BCUT2D eigenvalue weighted by Crippen LogP contribution is -2.40. The van der Waals surface area contributed by atoms with Gasteiger partial charge in [-0.3, -0.25) is 9.78 Å². The molecule has 2 atom stereocenters. The molecule has 1 fully saturated rings. The fraction of sp³-hybridized carbons (Fsp3) is 0.375. The minimum atomic E-state index is 0.100. The van der Waals surface area contributed by atoms with Crippen molar-refractivity contribution >= 4 is 22.4 Å². The second kappa shape index (κ2) is 5.59. The van der Waals surface area contributed by atoms with Crippen molar-refractivity contribution in [3.63, 3.8) is 0 Å². The number of carbonyl (C=O) groups is 1. The molecule has 2 aromatic rings. The molecule has 4 heteroatoms. The molecule has 1 aliphatic heterocycles. The third-order valence-corrected chi connectivity index (χ3v) is 3.93.